The molecule has 1 heterocycles. The minimum Gasteiger partial charge on any atom is -0.497 e. The summed E-state index contributed by atoms with van der Waals surface area (Å²) in [5, 5.41) is 5.90. The Morgan fingerprint density at radius 3 is 2.50 bits per heavy atom. The van der Waals surface area contributed by atoms with Crippen molar-refractivity contribution >= 4 is 11.8 Å². The van der Waals surface area contributed by atoms with Crippen molar-refractivity contribution in [1.29, 1.82) is 0 Å². The van der Waals surface area contributed by atoms with Gasteiger partial charge >= 0.3 is 0 Å². The van der Waals surface area contributed by atoms with Crippen molar-refractivity contribution in [3.63, 3.8) is 0 Å². The SMILES string of the molecule is COc1cccc(CNC(=O)c2ccc(-c3cc(C(=O)NCC4CC4)ccc3C)nc2)c1. The number of nitrogens with zero attached hydrogens (tertiary/aromatic N) is 1. The average Bonchev–Trinajstić information content (AvgIpc) is 3.66. The van der Waals surface area contributed by atoms with Crippen LogP contribution in [0.1, 0.15) is 44.7 Å². The number of pyridine rings is 1. The van der Waals surface area contributed by atoms with E-state index in [-0.39, 0.29) is 11.8 Å². The first kappa shape index (κ1) is 21.6. The molecular formula is C26H27N3O3. The zero-order chi connectivity index (χ0) is 22.5. The number of amides is 2. The molecule has 0 atom stereocenters. The summed E-state index contributed by atoms with van der Waals surface area (Å²) in [5.41, 5.74) is 4.68. The maximum atomic E-state index is 12.5. The summed E-state index contributed by atoms with van der Waals surface area (Å²) in [6.45, 7) is 3.12. The Morgan fingerprint density at radius 1 is 1.00 bits per heavy atom. The second kappa shape index (κ2) is 9.64. The molecule has 32 heavy (non-hydrogen) atoms. The first-order valence-corrected chi connectivity index (χ1v) is 10.8. The van der Waals surface area contributed by atoms with E-state index in [1.807, 2.05) is 55.5 Å². The molecule has 164 valence electrons. The quantitative estimate of drug-likeness (QED) is 0.564. The molecule has 1 aliphatic rings. The average molecular weight is 430 g/mol. The number of carbonyl (C=O) groups is 2. The molecule has 0 spiro atoms. The van der Waals surface area contributed by atoms with E-state index in [0.717, 1.165) is 34.7 Å². The molecule has 2 N–H and O–H groups in total. The predicted molar refractivity (Wildman–Crippen MR) is 124 cm³/mol. The van der Waals surface area contributed by atoms with Gasteiger partial charge in [0.05, 0.1) is 18.4 Å². The van der Waals surface area contributed by atoms with Crippen LogP contribution >= 0.6 is 0 Å². The molecule has 1 fully saturated rings. The predicted octanol–water partition coefficient (Wildman–Crippen LogP) is 4.14. The molecule has 0 bridgehead atoms. The number of aromatic nitrogens is 1. The molecule has 4 rings (SSSR count). The minimum atomic E-state index is -0.197. The lowest BCUT2D eigenvalue weighted by Gasteiger charge is -2.10. The number of hydrogen-bond donors (Lipinski definition) is 2. The topological polar surface area (TPSA) is 80.3 Å². The van der Waals surface area contributed by atoms with Crippen LogP contribution in [0.25, 0.3) is 11.3 Å². The Balaban J connectivity index is 1.42. The van der Waals surface area contributed by atoms with E-state index < -0.39 is 0 Å². The number of methoxy groups -OCH3 is 1. The number of carbonyl (C=O) groups excluding carboxylic acids is 2. The highest BCUT2D eigenvalue weighted by molar-refractivity contribution is 5.96. The van der Waals surface area contributed by atoms with Crippen LogP contribution in [-0.4, -0.2) is 30.5 Å². The Labute approximate surface area is 188 Å². The molecule has 0 unspecified atom stereocenters. The van der Waals surface area contributed by atoms with Gasteiger partial charge in [-0.25, -0.2) is 0 Å². The fraction of sp³-hybridized carbons (Fsp3) is 0.269. The summed E-state index contributed by atoms with van der Waals surface area (Å²) in [6, 6.07) is 16.8. The van der Waals surface area contributed by atoms with Crippen molar-refractivity contribution in [3.8, 4) is 17.0 Å². The van der Waals surface area contributed by atoms with Crippen LogP contribution in [0.15, 0.2) is 60.8 Å². The van der Waals surface area contributed by atoms with Gasteiger partial charge in [-0.15, -0.1) is 0 Å². The highest BCUT2D eigenvalue weighted by Crippen LogP contribution is 2.28. The third kappa shape index (κ3) is 5.32. The van der Waals surface area contributed by atoms with Crippen LogP contribution < -0.4 is 15.4 Å². The van der Waals surface area contributed by atoms with Crippen LogP contribution in [0, 0.1) is 12.8 Å². The van der Waals surface area contributed by atoms with Crippen molar-refractivity contribution < 1.29 is 14.3 Å². The van der Waals surface area contributed by atoms with Crippen molar-refractivity contribution in [2.24, 2.45) is 5.92 Å². The number of nitrogens with one attached hydrogen (secondary N) is 2. The molecule has 1 aliphatic carbocycles. The van der Waals surface area contributed by atoms with Crippen LogP contribution in [0.4, 0.5) is 0 Å². The number of rotatable bonds is 8. The number of hydrogen-bond acceptors (Lipinski definition) is 4. The molecule has 0 radical (unpaired) electrons. The zero-order valence-electron chi connectivity index (χ0n) is 18.4. The third-order valence-corrected chi connectivity index (χ3v) is 5.64. The monoisotopic (exact) mass is 429 g/mol. The Morgan fingerprint density at radius 2 is 1.78 bits per heavy atom. The number of aryl methyl sites for hydroxylation is 1. The first-order chi connectivity index (χ1) is 15.5. The van der Waals surface area contributed by atoms with Gasteiger partial charge in [0.1, 0.15) is 5.75 Å². The number of benzene rings is 2. The van der Waals surface area contributed by atoms with Gasteiger partial charge in [-0.2, -0.15) is 0 Å². The lowest BCUT2D eigenvalue weighted by atomic mass is 10.0. The Kier molecular flexibility index (Phi) is 6.50. The van der Waals surface area contributed by atoms with E-state index in [2.05, 4.69) is 15.6 Å². The van der Waals surface area contributed by atoms with Gasteiger partial charge in [0.15, 0.2) is 0 Å². The summed E-state index contributed by atoms with van der Waals surface area (Å²) in [7, 11) is 1.61. The summed E-state index contributed by atoms with van der Waals surface area (Å²) in [6.07, 6.45) is 3.96. The lowest BCUT2D eigenvalue weighted by Crippen LogP contribution is -2.25. The first-order valence-electron chi connectivity index (χ1n) is 10.8. The van der Waals surface area contributed by atoms with Gasteiger partial charge < -0.3 is 15.4 Å². The third-order valence-electron chi connectivity index (χ3n) is 5.64. The molecule has 6 heteroatoms. The summed E-state index contributed by atoms with van der Waals surface area (Å²) < 4.78 is 5.21. The molecule has 2 aromatic carbocycles. The van der Waals surface area contributed by atoms with Crippen LogP contribution in [0.5, 0.6) is 5.75 Å². The van der Waals surface area contributed by atoms with Crippen molar-refractivity contribution in [3.05, 3.63) is 83.0 Å². The van der Waals surface area contributed by atoms with Crippen molar-refractivity contribution in [2.45, 2.75) is 26.3 Å². The molecule has 2 amide bonds. The Hall–Kier alpha value is -3.67. The van der Waals surface area contributed by atoms with E-state index in [1.54, 1.807) is 19.4 Å². The molecule has 0 saturated heterocycles. The maximum absolute atomic E-state index is 12.5. The van der Waals surface area contributed by atoms with Gasteiger partial charge in [0.2, 0.25) is 0 Å². The maximum Gasteiger partial charge on any atom is 0.253 e. The second-order valence-corrected chi connectivity index (χ2v) is 8.15. The van der Waals surface area contributed by atoms with Crippen LogP contribution in [0.2, 0.25) is 0 Å². The number of ether oxygens (including phenoxy) is 1. The Bertz CT molecular complexity index is 1120. The standard InChI is InChI=1S/C26H27N3O3/c1-17-6-9-20(25(30)28-14-18-7-8-18)13-23(17)24-11-10-21(16-27-24)26(31)29-15-19-4-3-5-22(12-19)32-2/h3-6,9-13,16,18H,7-8,14-15H2,1-2H3,(H,28,30)(H,29,31). The van der Waals surface area contributed by atoms with E-state index in [0.29, 0.717) is 23.6 Å². The molecule has 3 aromatic rings. The second-order valence-electron chi connectivity index (χ2n) is 8.15. The van der Waals surface area contributed by atoms with E-state index in [4.69, 9.17) is 4.74 Å². The van der Waals surface area contributed by atoms with Gasteiger partial charge in [-0.05, 0) is 73.2 Å². The van der Waals surface area contributed by atoms with Gasteiger partial charge in [-0.3, -0.25) is 14.6 Å². The van der Waals surface area contributed by atoms with E-state index in [9.17, 15) is 9.59 Å². The fourth-order valence-electron chi connectivity index (χ4n) is 3.45. The largest absolute Gasteiger partial charge is 0.497 e. The lowest BCUT2D eigenvalue weighted by molar-refractivity contribution is 0.0943. The molecule has 6 nitrogen and oxygen atoms in total. The fourth-order valence-corrected chi connectivity index (χ4v) is 3.45. The summed E-state index contributed by atoms with van der Waals surface area (Å²) >= 11 is 0. The van der Waals surface area contributed by atoms with Crippen molar-refractivity contribution in [2.75, 3.05) is 13.7 Å². The van der Waals surface area contributed by atoms with Gasteiger partial charge in [0.25, 0.3) is 11.8 Å². The smallest absolute Gasteiger partial charge is 0.253 e. The van der Waals surface area contributed by atoms with Gasteiger partial charge in [-0.1, -0.05) is 18.2 Å². The van der Waals surface area contributed by atoms with Crippen molar-refractivity contribution in [1.82, 2.24) is 15.6 Å². The summed E-state index contributed by atoms with van der Waals surface area (Å²) in [5.74, 6) is 1.12. The van der Waals surface area contributed by atoms with Gasteiger partial charge in [0, 0.05) is 30.4 Å². The van der Waals surface area contributed by atoms with Crippen LogP contribution in [-0.2, 0) is 6.54 Å². The normalized spacial score (nSPS) is 12.8. The van der Waals surface area contributed by atoms with E-state index >= 15 is 0 Å². The van der Waals surface area contributed by atoms with Crippen LogP contribution in [0.3, 0.4) is 0 Å². The molecule has 1 aromatic heterocycles. The molecule has 1 saturated carbocycles. The highest BCUT2D eigenvalue weighted by Gasteiger charge is 2.22. The summed E-state index contributed by atoms with van der Waals surface area (Å²) in [4.78, 5) is 29.5. The highest BCUT2D eigenvalue weighted by atomic mass is 16.5. The minimum absolute atomic E-state index is 0.0632. The molecule has 0 aliphatic heterocycles. The zero-order valence-corrected chi connectivity index (χ0v) is 18.4. The van der Waals surface area contributed by atoms with E-state index in [1.165, 1.54) is 12.8 Å². The molecular weight excluding hydrogens is 402 g/mol.